The normalized spacial score (nSPS) is 23.1. The van der Waals surface area contributed by atoms with E-state index in [0.29, 0.717) is 5.92 Å². The van der Waals surface area contributed by atoms with Gasteiger partial charge >= 0.3 is 0 Å². The second kappa shape index (κ2) is 6.10. The fourth-order valence-corrected chi connectivity index (χ4v) is 2.38. The van der Waals surface area contributed by atoms with Gasteiger partial charge < -0.3 is 10.6 Å². The highest BCUT2D eigenvalue weighted by atomic mass is 19.1. The molecule has 104 valence electrons. The van der Waals surface area contributed by atoms with Crippen molar-refractivity contribution >= 4 is 11.6 Å². The van der Waals surface area contributed by atoms with E-state index < -0.39 is 11.6 Å². The summed E-state index contributed by atoms with van der Waals surface area (Å²) < 4.78 is 26.4. The Morgan fingerprint density at radius 1 is 1.47 bits per heavy atom. The van der Waals surface area contributed by atoms with Gasteiger partial charge in [-0.25, -0.2) is 8.78 Å². The van der Waals surface area contributed by atoms with Crippen molar-refractivity contribution in [1.82, 2.24) is 5.32 Å². The summed E-state index contributed by atoms with van der Waals surface area (Å²) in [7, 11) is 0. The standard InChI is InChI=1S/C14H18F2N2O/c1-9-3-2-6-17-12(9)8-14(19)18-13-7-10(15)4-5-11(13)16/h4-5,7,9,12,17H,2-3,6,8H2,1H3,(H,18,19). The van der Waals surface area contributed by atoms with Crippen LogP contribution in [0.2, 0.25) is 0 Å². The summed E-state index contributed by atoms with van der Waals surface area (Å²) in [6.45, 7) is 2.99. The fraction of sp³-hybridized carbons (Fsp3) is 0.500. The molecule has 1 fully saturated rings. The molecular formula is C14H18F2N2O. The highest BCUT2D eigenvalue weighted by Crippen LogP contribution is 2.20. The topological polar surface area (TPSA) is 41.1 Å². The van der Waals surface area contributed by atoms with E-state index >= 15 is 0 Å². The Morgan fingerprint density at radius 3 is 3.00 bits per heavy atom. The molecule has 1 aliphatic heterocycles. The molecule has 1 aromatic rings. The minimum absolute atomic E-state index is 0.102. The number of nitrogens with one attached hydrogen (secondary N) is 2. The van der Waals surface area contributed by atoms with E-state index in [1.165, 1.54) is 0 Å². The molecule has 5 heteroatoms. The summed E-state index contributed by atoms with van der Waals surface area (Å²) in [5.41, 5.74) is -0.103. The van der Waals surface area contributed by atoms with Gasteiger partial charge in [0.15, 0.2) is 0 Å². The van der Waals surface area contributed by atoms with Crippen LogP contribution < -0.4 is 10.6 Å². The number of anilines is 1. The second-order valence-electron chi connectivity index (χ2n) is 5.06. The van der Waals surface area contributed by atoms with E-state index in [4.69, 9.17) is 0 Å². The molecule has 1 aromatic carbocycles. The Bertz CT molecular complexity index is 465. The first-order chi connectivity index (χ1) is 9.06. The third-order valence-corrected chi connectivity index (χ3v) is 3.54. The van der Waals surface area contributed by atoms with Crippen molar-refractivity contribution in [3.63, 3.8) is 0 Å². The van der Waals surface area contributed by atoms with Crippen LogP contribution in [-0.4, -0.2) is 18.5 Å². The monoisotopic (exact) mass is 268 g/mol. The summed E-state index contributed by atoms with van der Waals surface area (Å²) in [5.74, 6) is -1.08. The molecule has 2 unspecified atom stereocenters. The number of benzene rings is 1. The van der Waals surface area contributed by atoms with Crippen molar-refractivity contribution in [2.75, 3.05) is 11.9 Å². The van der Waals surface area contributed by atoms with Crippen LogP contribution in [0, 0.1) is 17.6 Å². The average molecular weight is 268 g/mol. The van der Waals surface area contributed by atoms with Gasteiger partial charge in [-0.3, -0.25) is 4.79 Å². The van der Waals surface area contributed by atoms with Gasteiger partial charge in [0.25, 0.3) is 0 Å². The number of carbonyl (C=O) groups is 1. The van der Waals surface area contributed by atoms with Crippen molar-refractivity contribution < 1.29 is 13.6 Å². The molecule has 1 heterocycles. The van der Waals surface area contributed by atoms with Crippen molar-refractivity contribution in [3.8, 4) is 0 Å². The first-order valence-corrected chi connectivity index (χ1v) is 6.54. The molecule has 2 atom stereocenters. The number of halogens is 2. The molecule has 1 aliphatic rings. The quantitative estimate of drug-likeness (QED) is 0.885. The van der Waals surface area contributed by atoms with Crippen LogP contribution >= 0.6 is 0 Å². The fourth-order valence-electron chi connectivity index (χ4n) is 2.38. The highest BCUT2D eigenvalue weighted by molar-refractivity contribution is 5.91. The Labute approximate surface area is 111 Å². The minimum atomic E-state index is -0.626. The van der Waals surface area contributed by atoms with Gasteiger partial charge in [-0.05, 0) is 37.4 Å². The average Bonchev–Trinajstić information content (AvgIpc) is 2.37. The smallest absolute Gasteiger partial charge is 0.226 e. The second-order valence-corrected chi connectivity index (χ2v) is 5.06. The zero-order chi connectivity index (χ0) is 13.8. The molecule has 2 rings (SSSR count). The molecule has 0 aromatic heterocycles. The summed E-state index contributed by atoms with van der Waals surface area (Å²) in [4.78, 5) is 11.8. The summed E-state index contributed by atoms with van der Waals surface area (Å²) in [5, 5.41) is 5.71. The van der Waals surface area contributed by atoms with Gasteiger partial charge in [0.2, 0.25) is 5.91 Å². The highest BCUT2D eigenvalue weighted by Gasteiger charge is 2.23. The number of rotatable bonds is 3. The molecule has 2 N–H and O–H groups in total. The lowest BCUT2D eigenvalue weighted by atomic mass is 9.90. The van der Waals surface area contributed by atoms with E-state index in [1.807, 2.05) is 0 Å². The van der Waals surface area contributed by atoms with Crippen LogP contribution in [0.5, 0.6) is 0 Å². The molecule has 1 amide bonds. The lowest BCUT2D eigenvalue weighted by Gasteiger charge is -2.29. The molecular weight excluding hydrogens is 250 g/mol. The first-order valence-electron chi connectivity index (χ1n) is 6.54. The van der Waals surface area contributed by atoms with E-state index in [9.17, 15) is 13.6 Å². The Kier molecular flexibility index (Phi) is 4.47. The van der Waals surface area contributed by atoms with E-state index in [0.717, 1.165) is 37.6 Å². The molecule has 0 saturated carbocycles. The summed E-state index contributed by atoms with van der Waals surface area (Å²) in [6.07, 6.45) is 2.47. The van der Waals surface area contributed by atoms with E-state index in [1.54, 1.807) is 0 Å². The zero-order valence-electron chi connectivity index (χ0n) is 10.9. The number of hydrogen-bond acceptors (Lipinski definition) is 2. The number of piperidine rings is 1. The predicted octanol–water partition coefficient (Wildman–Crippen LogP) is 2.68. The molecule has 3 nitrogen and oxygen atoms in total. The lowest BCUT2D eigenvalue weighted by molar-refractivity contribution is -0.117. The Morgan fingerprint density at radius 2 is 2.26 bits per heavy atom. The number of amides is 1. The molecule has 0 radical (unpaired) electrons. The first kappa shape index (κ1) is 13.9. The number of carbonyl (C=O) groups excluding carboxylic acids is 1. The zero-order valence-corrected chi connectivity index (χ0v) is 10.9. The molecule has 0 spiro atoms. The maximum absolute atomic E-state index is 13.4. The summed E-state index contributed by atoms with van der Waals surface area (Å²) in [6, 6.07) is 3.12. The van der Waals surface area contributed by atoms with Crippen LogP contribution in [-0.2, 0) is 4.79 Å². The summed E-state index contributed by atoms with van der Waals surface area (Å²) >= 11 is 0. The van der Waals surface area contributed by atoms with Crippen molar-refractivity contribution in [2.45, 2.75) is 32.2 Å². The predicted molar refractivity (Wildman–Crippen MR) is 69.8 cm³/mol. The van der Waals surface area contributed by atoms with Crippen molar-refractivity contribution in [2.24, 2.45) is 5.92 Å². The van der Waals surface area contributed by atoms with Gasteiger partial charge in [-0.2, -0.15) is 0 Å². The van der Waals surface area contributed by atoms with E-state index in [2.05, 4.69) is 17.6 Å². The van der Waals surface area contributed by atoms with Crippen LogP contribution in [0.4, 0.5) is 14.5 Å². The van der Waals surface area contributed by atoms with Crippen LogP contribution in [0.25, 0.3) is 0 Å². The molecule has 1 saturated heterocycles. The van der Waals surface area contributed by atoms with Crippen LogP contribution in [0.3, 0.4) is 0 Å². The van der Waals surface area contributed by atoms with E-state index in [-0.39, 0.29) is 24.1 Å². The number of hydrogen-bond donors (Lipinski definition) is 2. The van der Waals surface area contributed by atoms with Gasteiger partial charge in [0.05, 0.1) is 5.69 Å². The van der Waals surface area contributed by atoms with Gasteiger partial charge in [-0.1, -0.05) is 6.92 Å². The van der Waals surface area contributed by atoms with Gasteiger partial charge in [-0.15, -0.1) is 0 Å². The van der Waals surface area contributed by atoms with Crippen LogP contribution in [0.15, 0.2) is 18.2 Å². The van der Waals surface area contributed by atoms with Crippen molar-refractivity contribution in [1.29, 1.82) is 0 Å². The minimum Gasteiger partial charge on any atom is -0.323 e. The van der Waals surface area contributed by atoms with Crippen LogP contribution in [0.1, 0.15) is 26.2 Å². The lowest BCUT2D eigenvalue weighted by Crippen LogP contribution is -2.42. The third-order valence-electron chi connectivity index (χ3n) is 3.54. The Balaban J connectivity index is 1.95. The SMILES string of the molecule is CC1CCCNC1CC(=O)Nc1cc(F)ccc1F. The van der Waals surface area contributed by atoms with Gasteiger partial charge in [0.1, 0.15) is 11.6 Å². The molecule has 19 heavy (non-hydrogen) atoms. The maximum atomic E-state index is 13.4. The Hall–Kier alpha value is -1.49. The molecule has 0 aliphatic carbocycles. The van der Waals surface area contributed by atoms with Crippen molar-refractivity contribution in [3.05, 3.63) is 29.8 Å². The molecule has 0 bridgehead atoms. The third kappa shape index (κ3) is 3.73. The largest absolute Gasteiger partial charge is 0.323 e. The van der Waals surface area contributed by atoms with Gasteiger partial charge in [0, 0.05) is 18.5 Å². The maximum Gasteiger partial charge on any atom is 0.226 e.